The van der Waals surface area contributed by atoms with Crippen LogP contribution in [0.3, 0.4) is 0 Å². The topological polar surface area (TPSA) is 233 Å². The molecule has 0 radical (unpaired) electrons. The summed E-state index contributed by atoms with van der Waals surface area (Å²) in [6, 6.07) is 0. The average Bonchev–Trinajstić information content (AvgIpc) is 3.13. The first kappa shape index (κ1) is 42.6. The van der Waals surface area contributed by atoms with E-state index >= 15 is 0 Å². The van der Waals surface area contributed by atoms with Gasteiger partial charge in [0, 0.05) is 17.3 Å². The zero-order valence-corrected chi connectivity index (χ0v) is 34.0. The molecule has 14 nitrogen and oxygen atoms in total. The predicted octanol–water partition coefficient (Wildman–Crippen LogP) is 2.06. The molecule has 0 bridgehead atoms. The number of carboxylic acids is 1. The van der Waals surface area contributed by atoms with Gasteiger partial charge in [-0.2, -0.15) is 0 Å². The molecule has 14 heteroatoms. The summed E-state index contributed by atoms with van der Waals surface area (Å²) in [6.07, 6.45) is -8.50. The second-order valence-electron chi connectivity index (χ2n) is 20.6. The quantitative estimate of drug-likeness (QED) is 0.136. The van der Waals surface area contributed by atoms with E-state index in [0.717, 1.165) is 44.9 Å². The number of rotatable bonds is 7. The number of carboxylic acid groups (broad SMARTS) is 1. The third-order valence-corrected chi connectivity index (χ3v) is 17.2. The first-order valence-corrected chi connectivity index (χ1v) is 20.7. The fourth-order valence-corrected chi connectivity index (χ4v) is 13.5. The molecule has 0 amide bonds. The largest absolute Gasteiger partial charge is 0.479 e. The Bertz CT molecular complexity index is 1570. The van der Waals surface area contributed by atoms with Crippen molar-refractivity contribution in [1.29, 1.82) is 0 Å². The lowest BCUT2D eigenvalue weighted by molar-refractivity contribution is -0.375. The number of aliphatic carboxylic acids is 1. The van der Waals surface area contributed by atoms with Crippen LogP contribution in [0.5, 0.6) is 0 Å². The zero-order valence-electron chi connectivity index (χ0n) is 34.0. The van der Waals surface area contributed by atoms with Gasteiger partial charge in [0.1, 0.15) is 48.5 Å². The highest BCUT2D eigenvalue weighted by molar-refractivity contribution is 5.87. The van der Waals surface area contributed by atoms with E-state index in [2.05, 4.69) is 47.6 Å². The lowest BCUT2D eigenvalue weighted by Gasteiger charge is -2.71. The Morgan fingerprint density at radius 1 is 0.804 bits per heavy atom. The van der Waals surface area contributed by atoms with Crippen molar-refractivity contribution in [2.75, 3.05) is 13.2 Å². The number of Topliss-reactive ketones (excluding diaryl/α,β-unsaturated/α-hetero) is 1. The summed E-state index contributed by atoms with van der Waals surface area (Å²) in [7, 11) is 0. The van der Waals surface area contributed by atoms with Gasteiger partial charge in [-0.05, 0) is 90.8 Å². The van der Waals surface area contributed by atoms with Gasteiger partial charge in [0.15, 0.2) is 18.7 Å². The van der Waals surface area contributed by atoms with Crippen molar-refractivity contribution in [3.8, 4) is 0 Å². The summed E-state index contributed by atoms with van der Waals surface area (Å²) in [5.74, 6) is -0.705. The smallest absolute Gasteiger partial charge is 0.335 e. The van der Waals surface area contributed by atoms with Gasteiger partial charge >= 0.3 is 5.97 Å². The summed E-state index contributed by atoms with van der Waals surface area (Å²) in [5.41, 5.74) is -0.183. The van der Waals surface area contributed by atoms with E-state index in [0.29, 0.717) is 18.6 Å². The lowest BCUT2D eigenvalue weighted by Crippen LogP contribution is -2.68. The van der Waals surface area contributed by atoms with Gasteiger partial charge in [0.2, 0.25) is 0 Å². The van der Waals surface area contributed by atoms with Crippen LogP contribution in [0.1, 0.15) is 106 Å². The molecule has 0 spiro atoms. The van der Waals surface area contributed by atoms with Gasteiger partial charge < -0.3 is 59.8 Å². The fourth-order valence-electron chi connectivity index (χ4n) is 13.5. The van der Waals surface area contributed by atoms with Crippen LogP contribution in [0.15, 0.2) is 11.6 Å². The lowest BCUT2D eigenvalue weighted by atomic mass is 9.33. The summed E-state index contributed by atoms with van der Waals surface area (Å²) in [4.78, 5) is 25.9. The van der Waals surface area contributed by atoms with Crippen molar-refractivity contribution in [2.24, 2.45) is 50.2 Å². The molecule has 56 heavy (non-hydrogen) atoms. The molecule has 5 aliphatic carbocycles. The van der Waals surface area contributed by atoms with Crippen molar-refractivity contribution in [2.45, 2.75) is 174 Å². The number of aliphatic hydroxyl groups is 7. The molecule has 4 saturated carbocycles. The molecular weight excluding hydrogens is 728 g/mol. The van der Waals surface area contributed by atoms with Crippen molar-refractivity contribution in [1.82, 2.24) is 0 Å². The van der Waals surface area contributed by atoms with Crippen LogP contribution in [0.25, 0.3) is 0 Å². The Hall–Kier alpha value is -1.56. The Morgan fingerprint density at radius 3 is 2.14 bits per heavy atom. The van der Waals surface area contributed by atoms with Gasteiger partial charge in [-0.3, -0.25) is 4.79 Å². The van der Waals surface area contributed by atoms with Gasteiger partial charge in [-0.1, -0.05) is 60.1 Å². The first-order chi connectivity index (χ1) is 26.0. The molecule has 7 aliphatic rings. The van der Waals surface area contributed by atoms with E-state index in [-0.39, 0.29) is 51.4 Å². The molecule has 0 aromatic rings. The molecule has 2 saturated heterocycles. The second-order valence-corrected chi connectivity index (χ2v) is 20.6. The number of allylic oxidation sites excluding steroid dienone is 2. The summed E-state index contributed by atoms with van der Waals surface area (Å²) >= 11 is 0. The van der Waals surface area contributed by atoms with E-state index in [1.807, 2.05) is 6.92 Å². The minimum Gasteiger partial charge on any atom is -0.479 e. The van der Waals surface area contributed by atoms with E-state index in [4.69, 9.17) is 18.9 Å². The Morgan fingerprint density at radius 2 is 1.50 bits per heavy atom. The Kier molecular flexibility index (Phi) is 10.9. The van der Waals surface area contributed by atoms with Crippen LogP contribution >= 0.6 is 0 Å². The first-order valence-electron chi connectivity index (χ1n) is 20.7. The van der Waals surface area contributed by atoms with Crippen molar-refractivity contribution in [3.05, 3.63) is 11.6 Å². The summed E-state index contributed by atoms with van der Waals surface area (Å²) in [6.45, 7) is 14.9. The van der Waals surface area contributed by atoms with Crippen molar-refractivity contribution >= 4 is 11.8 Å². The molecule has 318 valence electrons. The number of carbonyl (C=O) groups is 2. The number of carbonyl (C=O) groups excluding carboxylic acids is 1. The molecule has 7 rings (SSSR count). The molecule has 2 aliphatic heterocycles. The maximum atomic E-state index is 13.7. The number of aliphatic hydroxyl groups excluding tert-OH is 7. The molecule has 2 heterocycles. The van der Waals surface area contributed by atoms with Crippen LogP contribution in [-0.2, 0) is 28.5 Å². The third kappa shape index (κ3) is 6.13. The maximum Gasteiger partial charge on any atom is 0.335 e. The summed E-state index contributed by atoms with van der Waals surface area (Å²) < 4.78 is 23.8. The third-order valence-electron chi connectivity index (χ3n) is 17.2. The van der Waals surface area contributed by atoms with Crippen LogP contribution in [0.2, 0.25) is 0 Å². The molecule has 0 aromatic heterocycles. The minimum absolute atomic E-state index is 0.0291. The van der Waals surface area contributed by atoms with E-state index in [1.165, 1.54) is 5.57 Å². The minimum atomic E-state index is -1.97. The highest BCUT2D eigenvalue weighted by Gasteiger charge is 2.70. The number of fused-ring (bicyclic) bond motifs is 7. The highest BCUT2D eigenvalue weighted by atomic mass is 16.8. The fraction of sp³-hybridized carbons (Fsp3) is 0.905. The summed E-state index contributed by atoms with van der Waals surface area (Å²) in [5, 5.41) is 84.4. The van der Waals surface area contributed by atoms with Gasteiger partial charge in [-0.15, -0.1) is 0 Å². The van der Waals surface area contributed by atoms with Crippen molar-refractivity contribution in [3.63, 3.8) is 0 Å². The number of hydrogen-bond donors (Lipinski definition) is 8. The Labute approximate surface area is 329 Å². The molecule has 6 fully saturated rings. The number of ether oxygens (including phenoxy) is 4. The van der Waals surface area contributed by atoms with E-state index in [9.17, 15) is 50.4 Å². The van der Waals surface area contributed by atoms with Crippen LogP contribution in [0, 0.1) is 50.2 Å². The van der Waals surface area contributed by atoms with Gasteiger partial charge in [0.25, 0.3) is 0 Å². The molecular formula is C42H66O14. The standard InChI is InChI=1S/C42H66O14/c1-37(2)16-21-20-8-9-24-39(4)12-11-26(40(5,19-44)23(39)10-13-42(24,7)41(20,6)15-14-38(21,3)25(45)17-37)54-36-33(30(49)29(48)32(55-36)34(51)52)56-35-31(50)28(47)27(46)22(18-43)53-35/h8,21-24,26-33,35-36,43-44,46-50H,9-19H2,1-7H3,(H,51,52). The molecule has 19 unspecified atom stereocenters. The van der Waals surface area contributed by atoms with Crippen LogP contribution in [0.4, 0.5) is 0 Å². The Balaban J connectivity index is 1.17. The van der Waals surface area contributed by atoms with E-state index < -0.39 is 85.5 Å². The van der Waals surface area contributed by atoms with Gasteiger partial charge in [0.05, 0.1) is 19.3 Å². The monoisotopic (exact) mass is 794 g/mol. The van der Waals surface area contributed by atoms with Crippen molar-refractivity contribution < 1.29 is 69.4 Å². The van der Waals surface area contributed by atoms with Crippen LogP contribution in [-0.4, -0.2) is 133 Å². The molecule has 19 atom stereocenters. The highest BCUT2D eigenvalue weighted by Crippen LogP contribution is 2.75. The van der Waals surface area contributed by atoms with Crippen LogP contribution < -0.4 is 0 Å². The zero-order chi connectivity index (χ0) is 41.1. The number of ketones is 1. The molecule has 8 N–H and O–H groups in total. The maximum absolute atomic E-state index is 13.7. The average molecular weight is 795 g/mol. The second kappa shape index (κ2) is 14.3. The predicted molar refractivity (Wildman–Crippen MR) is 198 cm³/mol. The molecule has 0 aromatic carbocycles. The SMILES string of the molecule is CC1(C)CC(=O)C2(C)CCC3(C)C(=CCC4C5(C)CCC(OC6OC(C(=O)O)C(O)C(O)C6OC6OC(CO)C(O)C(O)C6O)C(C)(CO)C5CCC43C)C2C1. The number of hydrogen-bond acceptors (Lipinski definition) is 13. The van der Waals surface area contributed by atoms with Gasteiger partial charge in [-0.25, -0.2) is 4.79 Å². The van der Waals surface area contributed by atoms with E-state index in [1.54, 1.807) is 0 Å². The normalized spacial score (nSPS) is 54.2.